The summed E-state index contributed by atoms with van der Waals surface area (Å²) in [4.78, 5) is 26.3. The summed E-state index contributed by atoms with van der Waals surface area (Å²) in [6.07, 6.45) is 3.07. The first-order valence-corrected chi connectivity index (χ1v) is 8.52. The van der Waals surface area contributed by atoms with E-state index in [1.807, 2.05) is 0 Å². The molecular weight excluding hydrogens is 310 g/mol. The summed E-state index contributed by atoms with van der Waals surface area (Å²) in [7, 11) is -10.3. The average Bonchev–Trinajstić information content (AvgIpc) is 2.10. The van der Waals surface area contributed by atoms with E-state index in [9.17, 15) is 14.0 Å². The highest BCUT2D eigenvalue weighted by Crippen LogP contribution is 2.59. The van der Waals surface area contributed by atoms with Crippen molar-refractivity contribution in [3.8, 4) is 0 Å². The van der Waals surface area contributed by atoms with Crippen LogP contribution in [0, 0.1) is 0 Å². The molecule has 0 aliphatic heterocycles. The molecule has 0 amide bonds. The van der Waals surface area contributed by atoms with Gasteiger partial charge in [0.15, 0.2) is 0 Å². The van der Waals surface area contributed by atoms with Gasteiger partial charge in [-0.3, -0.25) is 4.52 Å². The molecule has 0 rings (SSSR count). The summed E-state index contributed by atoms with van der Waals surface area (Å²) in [5, 5.41) is 0. The lowest BCUT2D eigenvalue weighted by molar-refractivity contribution is 0.0285. The number of hydrogen-bond acceptors (Lipinski definition) is 6. The molecular formula is C9H20N2O7P2. The van der Waals surface area contributed by atoms with Crippen molar-refractivity contribution in [3.63, 3.8) is 0 Å². The highest BCUT2D eigenvalue weighted by molar-refractivity contribution is 7.60. The van der Waals surface area contributed by atoms with Gasteiger partial charge in [0.05, 0.1) is 0 Å². The maximum absolute atomic E-state index is 11.5. The Bertz CT molecular complexity index is 438. The van der Waals surface area contributed by atoms with Gasteiger partial charge < -0.3 is 26.1 Å². The fraction of sp³-hybridized carbons (Fsp3) is 0.556. The Morgan fingerprint density at radius 1 is 1.25 bits per heavy atom. The summed E-state index contributed by atoms with van der Waals surface area (Å²) in [5.41, 5.74) is 9.74. The number of phosphoric ester groups is 1. The second-order valence-electron chi connectivity index (χ2n) is 4.18. The number of hydrogen-bond donors (Lipinski definition) is 5. The lowest BCUT2D eigenvalue weighted by atomic mass is 9.99. The van der Waals surface area contributed by atoms with Gasteiger partial charge in [0.25, 0.3) is 0 Å². The predicted molar refractivity (Wildman–Crippen MR) is 73.2 cm³/mol. The fourth-order valence-corrected chi connectivity index (χ4v) is 3.34. The Morgan fingerprint density at radius 2 is 1.80 bits per heavy atom. The van der Waals surface area contributed by atoms with Gasteiger partial charge in [-0.2, -0.15) is 4.31 Å². The van der Waals surface area contributed by atoms with Crippen molar-refractivity contribution < 1.29 is 32.6 Å². The maximum atomic E-state index is 11.5. The normalized spacial score (nSPS) is 19.6. The first-order valence-electron chi connectivity index (χ1n) is 5.50. The largest absolute Gasteiger partial charge is 0.482 e. The molecule has 0 aromatic carbocycles. The third-order valence-electron chi connectivity index (χ3n) is 2.07. The van der Waals surface area contributed by atoms with E-state index >= 15 is 0 Å². The van der Waals surface area contributed by atoms with Crippen LogP contribution in [0.15, 0.2) is 25.3 Å². The molecule has 3 atom stereocenters. The first kappa shape index (κ1) is 19.7. The summed E-state index contributed by atoms with van der Waals surface area (Å²) < 4.78 is 30.4. The Hall–Kier alpha value is -0.340. The SMILES string of the molecule is C=CCC(N)CC(N)(CC=C)OP(=O)(O)OP(=O)(O)O. The Kier molecular flexibility index (Phi) is 7.48. The van der Waals surface area contributed by atoms with Crippen LogP contribution in [-0.2, 0) is 18.0 Å². The molecule has 0 fully saturated rings. The third-order valence-corrected chi connectivity index (χ3v) is 4.34. The standard InChI is InChI=1S/C9H20N2O7P2/c1-3-5-8(10)7-9(11,6-4-2)17-20(15,16)18-19(12,13)14/h3-4,8H,1-2,5-7,10-11H2,(H,15,16)(H2,12,13,14). The summed E-state index contributed by atoms with van der Waals surface area (Å²) in [6, 6.07) is -0.521. The van der Waals surface area contributed by atoms with E-state index in [-0.39, 0.29) is 12.8 Å². The van der Waals surface area contributed by atoms with E-state index in [4.69, 9.17) is 21.3 Å². The third kappa shape index (κ3) is 8.76. The van der Waals surface area contributed by atoms with Crippen LogP contribution in [0.1, 0.15) is 19.3 Å². The van der Waals surface area contributed by atoms with Gasteiger partial charge in [0.1, 0.15) is 5.72 Å². The molecule has 0 saturated heterocycles. The molecule has 0 bridgehead atoms. The Balaban J connectivity index is 4.99. The van der Waals surface area contributed by atoms with Gasteiger partial charge in [0.2, 0.25) is 0 Å². The first-order chi connectivity index (χ1) is 8.93. The molecule has 0 aliphatic carbocycles. The van der Waals surface area contributed by atoms with E-state index in [0.717, 1.165) is 0 Å². The van der Waals surface area contributed by atoms with Crippen molar-refractivity contribution in [2.75, 3.05) is 0 Å². The van der Waals surface area contributed by atoms with Gasteiger partial charge in [-0.25, -0.2) is 9.13 Å². The van der Waals surface area contributed by atoms with Crippen LogP contribution in [0.2, 0.25) is 0 Å². The fourth-order valence-electron chi connectivity index (χ4n) is 1.52. The summed E-state index contributed by atoms with van der Waals surface area (Å²) in [5.74, 6) is 0. The van der Waals surface area contributed by atoms with Crippen LogP contribution < -0.4 is 11.5 Å². The Morgan fingerprint density at radius 3 is 2.20 bits per heavy atom. The van der Waals surface area contributed by atoms with Crippen LogP contribution >= 0.6 is 15.6 Å². The lowest BCUT2D eigenvalue weighted by Crippen LogP contribution is -2.46. The molecule has 0 aromatic heterocycles. The van der Waals surface area contributed by atoms with Gasteiger partial charge >= 0.3 is 15.6 Å². The van der Waals surface area contributed by atoms with Gasteiger partial charge in [-0.15, -0.1) is 13.2 Å². The topological polar surface area (TPSA) is 165 Å². The van der Waals surface area contributed by atoms with Crippen LogP contribution in [0.3, 0.4) is 0 Å². The van der Waals surface area contributed by atoms with Gasteiger partial charge in [-0.05, 0) is 6.42 Å². The zero-order chi connectivity index (χ0) is 16.0. The van der Waals surface area contributed by atoms with Crippen molar-refractivity contribution in [1.82, 2.24) is 0 Å². The number of rotatable bonds is 10. The van der Waals surface area contributed by atoms with Crippen molar-refractivity contribution in [2.24, 2.45) is 11.5 Å². The molecule has 118 valence electrons. The van der Waals surface area contributed by atoms with Crippen molar-refractivity contribution in [3.05, 3.63) is 25.3 Å². The molecule has 0 saturated carbocycles. The zero-order valence-electron chi connectivity index (χ0n) is 10.8. The van der Waals surface area contributed by atoms with Gasteiger partial charge in [0, 0.05) is 18.9 Å². The number of phosphoric acid groups is 2. The molecule has 3 unspecified atom stereocenters. The molecule has 7 N–H and O–H groups in total. The van der Waals surface area contributed by atoms with Crippen LogP contribution in [-0.4, -0.2) is 26.4 Å². The Labute approximate surface area is 117 Å². The minimum atomic E-state index is -5.21. The lowest BCUT2D eigenvalue weighted by Gasteiger charge is -2.31. The molecule has 20 heavy (non-hydrogen) atoms. The second kappa shape index (κ2) is 7.61. The van der Waals surface area contributed by atoms with E-state index in [0.29, 0.717) is 6.42 Å². The minimum absolute atomic E-state index is 0.0693. The highest BCUT2D eigenvalue weighted by atomic mass is 31.3. The average molecular weight is 330 g/mol. The molecule has 0 spiro atoms. The van der Waals surface area contributed by atoms with Crippen LogP contribution in [0.5, 0.6) is 0 Å². The summed E-state index contributed by atoms with van der Waals surface area (Å²) >= 11 is 0. The minimum Gasteiger partial charge on any atom is -0.327 e. The zero-order valence-corrected chi connectivity index (χ0v) is 12.6. The molecule has 9 nitrogen and oxygen atoms in total. The molecule has 0 heterocycles. The second-order valence-corrected chi connectivity index (χ2v) is 6.93. The van der Waals surface area contributed by atoms with E-state index in [2.05, 4.69) is 22.0 Å². The predicted octanol–water partition coefficient (Wildman–Crippen LogP) is 0.737. The molecule has 0 radical (unpaired) electrons. The van der Waals surface area contributed by atoms with E-state index < -0.39 is 27.4 Å². The quantitative estimate of drug-likeness (QED) is 0.220. The highest BCUT2D eigenvalue weighted by Gasteiger charge is 2.40. The van der Waals surface area contributed by atoms with E-state index in [1.165, 1.54) is 12.2 Å². The van der Waals surface area contributed by atoms with Crippen molar-refractivity contribution in [1.29, 1.82) is 0 Å². The van der Waals surface area contributed by atoms with Crippen LogP contribution in [0.25, 0.3) is 0 Å². The van der Waals surface area contributed by atoms with E-state index in [1.54, 1.807) is 0 Å². The summed E-state index contributed by atoms with van der Waals surface area (Å²) in [6.45, 7) is 6.90. The monoisotopic (exact) mass is 330 g/mol. The van der Waals surface area contributed by atoms with Crippen molar-refractivity contribution in [2.45, 2.75) is 31.0 Å². The molecule has 11 heteroatoms. The van der Waals surface area contributed by atoms with Crippen molar-refractivity contribution >= 4 is 15.6 Å². The van der Waals surface area contributed by atoms with Crippen LogP contribution in [0.4, 0.5) is 0 Å². The number of nitrogens with two attached hydrogens (primary N) is 2. The smallest absolute Gasteiger partial charge is 0.327 e. The maximum Gasteiger partial charge on any atom is 0.482 e. The molecule has 0 aliphatic rings. The molecule has 0 aromatic rings. The van der Waals surface area contributed by atoms with Gasteiger partial charge in [-0.1, -0.05) is 12.2 Å².